The lowest BCUT2D eigenvalue weighted by Crippen LogP contribution is -2.25. The van der Waals surface area contributed by atoms with Gasteiger partial charge >= 0.3 is 0 Å². The van der Waals surface area contributed by atoms with Gasteiger partial charge in [-0.05, 0) is 99.4 Å². The quantitative estimate of drug-likeness (QED) is 0.384. The maximum absolute atomic E-state index is 4.90. The number of nitrogens with zero attached hydrogens (tertiary/aromatic N) is 2. The van der Waals surface area contributed by atoms with Gasteiger partial charge in [-0.25, -0.2) is 9.97 Å². The number of hydrogen-bond acceptors (Lipinski definition) is 2. The fourth-order valence-electron chi connectivity index (χ4n) is 7.34. The Morgan fingerprint density at radius 2 is 1.03 bits per heavy atom. The lowest BCUT2D eigenvalue weighted by atomic mass is 9.68. The Kier molecular flexibility index (Phi) is 9.47. The van der Waals surface area contributed by atoms with E-state index in [0.29, 0.717) is 11.8 Å². The van der Waals surface area contributed by atoms with Crippen LogP contribution in [0.25, 0.3) is 0 Å². The van der Waals surface area contributed by atoms with Gasteiger partial charge in [0.15, 0.2) is 0 Å². The molecular weight excluding hydrogens is 388 g/mol. The smallest absolute Gasteiger partial charge is 0.131 e. The summed E-state index contributed by atoms with van der Waals surface area (Å²) in [5.74, 6) is 6.50. The van der Waals surface area contributed by atoms with Crippen LogP contribution in [0.1, 0.15) is 153 Å². The molecule has 0 aliphatic heterocycles. The second-order valence-electron chi connectivity index (χ2n) is 11.8. The zero-order valence-electron chi connectivity index (χ0n) is 21.2. The van der Waals surface area contributed by atoms with Crippen molar-refractivity contribution in [3.8, 4) is 0 Å². The SMILES string of the molecule is CCCC[C@H]1CC[C@H](c2ncc([C@H]3CC[C@H]([C@H]4CC[C@H](CCCC)CC4)CC3)cn2)CC1. The molecule has 4 rings (SSSR count). The normalized spacial score (nSPS) is 33.8. The minimum atomic E-state index is 0.616. The molecule has 1 heterocycles. The predicted octanol–water partition coefficient (Wildman–Crippen LogP) is 9.21. The van der Waals surface area contributed by atoms with Crippen LogP contribution in [-0.2, 0) is 0 Å². The van der Waals surface area contributed by atoms with Gasteiger partial charge in [0.25, 0.3) is 0 Å². The number of hydrogen-bond donors (Lipinski definition) is 0. The molecule has 2 nitrogen and oxygen atoms in total. The average Bonchev–Trinajstić information content (AvgIpc) is 2.87. The summed E-state index contributed by atoms with van der Waals surface area (Å²) >= 11 is 0. The summed E-state index contributed by atoms with van der Waals surface area (Å²) in [5, 5.41) is 0. The molecule has 0 radical (unpaired) electrons. The van der Waals surface area contributed by atoms with Gasteiger partial charge in [-0.1, -0.05) is 65.2 Å². The highest BCUT2D eigenvalue weighted by Gasteiger charge is 2.31. The van der Waals surface area contributed by atoms with E-state index in [1.165, 1.54) is 121 Å². The van der Waals surface area contributed by atoms with Crippen molar-refractivity contribution in [1.82, 2.24) is 9.97 Å². The largest absolute Gasteiger partial charge is 0.241 e. The number of aromatic nitrogens is 2. The summed E-state index contributed by atoms with van der Waals surface area (Å²) in [7, 11) is 0. The summed E-state index contributed by atoms with van der Waals surface area (Å²) in [6.45, 7) is 4.65. The van der Waals surface area contributed by atoms with E-state index in [4.69, 9.17) is 9.97 Å². The molecule has 3 saturated carbocycles. The predicted molar refractivity (Wildman–Crippen MR) is 136 cm³/mol. The van der Waals surface area contributed by atoms with Crippen LogP contribution >= 0.6 is 0 Å². The molecule has 0 amide bonds. The van der Waals surface area contributed by atoms with E-state index >= 15 is 0 Å². The molecule has 0 aromatic carbocycles. The lowest BCUT2D eigenvalue weighted by Gasteiger charge is -2.38. The van der Waals surface area contributed by atoms with Gasteiger partial charge in [-0.15, -0.1) is 0 Å². The molecule has 1 aromatic rings. The third-order valence-electron chi connectivity index (χ3n) is 9.64. The minimum Gasteiger partial charge on any atom is -0.241 e. The van der Waals surface area contributed by atoms with E-state index in [9.17, 15) is 0 Å². The van der Waals surface area contributed by atoms with Gasteiger partial charge in [0.1, 0.15) is 5.82 Å². The van der Waals surface area contributed by atoms with Crippen LogP contribution in [0.4, 0.5) is 0 Å². The summed E-state index contributed by atoms with van der Waals surface area (Å²) in [6, 6.07) is 0. The lowest BCUT2D eigenvalue weighted by molar-refractivity contribution is 0.155. The van der Waals surface area contributed by atoms with E-state index in [1.54, 1.807) is 0 Å². The highest BCUT2D eigenvalue weighted by molar-refractivity contribution is 5.14. The first-order valence-corrected chi connectivity index (χ1v) is 14.6. The Morgan fingerprint density at radius 1 is 0.594 bits per heavy atom. The third kappa shape index (κ3) is 6.57. The van der Waals surface area contributed by atoms with Crippen LogP contribution in [0.2, 0.25) is 0 Å². The summed E-state index contributed by atoms with van der Waals surface area (Å²) in [5.41, 5.74) is 1.42. The van der Waals surface area contributed by atoms with Crippen molar-refractivity contribution in [3.63, 3.8) is 0 Å². The standard InChI is InChI=1S/C30H50N2/c1-3-5-7-23-9-13-25(14-10-23)26-17-19-27(20-18-26)29-21-31-30(32-22-29)28-15-11-24(12-16-28)8-6-4-2/h21-28H,3-20H2,1-2H3/t23-,24-,25-,26-,27-,28-. The maximum Gasteiger partial charge on any atom is 0.131 e. The van der Waals surface area contributed by atoms with Crippen molar-refractivity contribution < 1.29 is 0 Å². The van der Waals surface area contributed by atoms with Crippen molar-refractivity contribution in [2.45, 2.75) is 141 Å². The molecule has 0 saturated heterocycles. The highest BCUT2D eigenvalue weighted by Crippen LogP contribution is 2.44. The first-order chi connectivity index (χ1) is 15.8. The van der Waals surface area contributed by atoms with Gasteiger partial charge in [0.05, 0.1) is 0 Å². The average molecular weight is 439 g/mol. The first-order valence-electron chi connectivity index (χ1n) is 14.6. The second-order valence-corrected chi connectivity index (χ2v) is 11.8. The van der Waals surface area contributed by atoms with Gasteiger partial charge in [-0.3, -0.25) is 0 Å². The van der Waals surface area contributed by atoms with E-state index in [1.807, 2.05) is 0 Å². The molecule has 0 spiro atoms. The molecule has 0 bridgehead atoms. The molecule has 1 aromatic heterocycles. The van der Waals surface area contributed by atoms with Crippen LogP contribution in [0, 0.1) is 23.7 Å². The maximum atomic E-state index is 4.90. The van der Waals surface area contributed by atoms with Crippen molar-refractivity contribution >= 4 is 0 Å². The van der Waals surface area contributed by atoms with Gasteiger partial charge in [0, 0.05) is 18.3 Å². The molecule has 3 aliphatic rings. The van der Waals surface area contributed by atoms with Crippen LogP contribution in [0.3, 0.4) is 0 Å². The Balaban J connectivity index is 1.19. The topological polar surface area (TPSA) is 25.8 Å². The summed E-state index contributed by atoms with van der Waals surface area (Å²) < 4.78 is 0. The van der Waals surface area contributed by atoms with Crippen LogP contribution in [0.5, 0.6) is 0 Å². The van der Waals surface area contributed by atoms with Gasteiger partial charge < -0.3 is 0 Å². The van der Waals surface area contributed by atoms with E-state index in [2.05, 4.69) is 26.2 Å². The van der Waals surface area contributed by atoms with Crippen molar-refractivity contribution in [2.75, 3.05) is 0 Å². The minimum absolute atomic E-state index is 0.616. The van der Waals surface area contributed by atoms with E-state index in [0.717, 1.165) is 29.5 Å². The van der Waals surface area contributed by atoms with Crippen molar-refractivity contribution in [1.29, 1.82) is 0 Å². The van der Waals surface area contributed by atoms with Crippen LogP contribution in [0.15, 0.2) is 12.4 Å². The molecule has 0 N–H and O–H groups in total. The molecule has 3 fully saturated rings. The second kappa shape index (κ2) is 12.5. The Bertz CT molecular complexity index is 629. The Hall–Kier alpha value is -0.920. The fourth-order valence-corrected chi connectivity index (χ4v) is 7.34. The van der Waals surface area contributed by atoms with Gasteiger partial charge in [-0.2, -0.15) is 0 Å². The zero-order chi connectivity index (χ0) is 22.2. The van der Waals surface area contributed by atoms with Gasteiger partial charge in [0.2, 0.25) is 0 Å². The molecule has 2 heteroatoms. The van der Waals surface area contributed by atoms with E-state index < -0.39 is 0 Å². The van der Waals surface area contributed by atoms with Crippen molar-refractivity contribution in [3.05, 3.63) is 23.8 Å². The first kappa shape index (κ1) is 24.2. The monoisotopic (exact) mass is 438 g/mol. The van der Waals surface area contributed by atoms with Crippen LogP contribution in [-0.4, -0.2) is 9.97 Å². The molecule has 0 unspecified atom stereocenters. The highest BCUT2D eigenvalue weighted by atomic mass is 14.9. The zero-order valence-corrected chi connectivity index (χ0v) is 21.2. The van der Waals surface area contributed by atoms with Crippen LogP contribution < -0.4 is 0 Å². The molecule has 32 heavy (non-hydrogen) atoms. The fraction of sp³-hybridized carbons (Fsp3) is 0.867. The Labute approximate surface area is 198 Å². The summed E-state index contributed by atoms with van der Waals surface area (Å²) in [6.07, 6.45) is 30.0. The number of unbranched alkanes of at least 4 members (excludes halogenated alkanes) is 2. The van der Waals surface area contributed by atoms with Crippen molar-refractivity contribution in [2.24, 2.45) is 23.7 Å². The molecule has 0 atom stereocenters. The molecule has 3 aliphatic carbocycles. The summed E-state index contributed by atoms with van der Waals surface area (Å²) in [4.78, 5) is 9.79. The number of rotatable bonds is 9. The Morgan fingerprint density at radius 3 is 1.53 bits per heavy atom. The molecular formula is C30H50N2. The van der Waals surface area contributed by atoms with E-state index in [-0.39, 0.29) is 0 Å². The third-order valence-corrected chi connectivity index (χ3v) is 9.64. The molecule has 180 valence electrons.